The number of halogens is 2. The molecule has 0 unspecified atom stereocenters. The van der Waals surface area contributed by atoms with Crippen LogP contribution in [0.5, 0.6) is 5.75 Å². The molecule has 0 bridgehead atoms. The first kappa shape index (κ1) is 20.9. The minimum Gasteiger partial charge on any atom is -0.435 e. The summed E-state index contributed by atoms with van der Waals surface area (Å²) in [6.45, 7) is -0.590. The molecule has 3 aromatic rings. The largest absolute Gasteiger partial charge is 0.435 e. The molecule has 0 radical (unpaired) electrons. The van der Waals surface area contributed by atoms with Crippen molar-refractivity contribution in [1.82, 2.24) is 9.97 Å². The molecule has 0 spiro atoms. The van der Waals surface area contributed by atoms with Crippen molar-refractivity contribution in [2.45, 2.75) is 52.1 Å². The average molecular weight is 396 g/mol. The van der Waals surface area contributed by atoms with Gasteiger partial charge in [-0.05, 0) is 41.7 Å². The van der Waals surface area contributed by atoms with Gasteiger partial charge in [-0.15, -0.1) is 0 Å². The monoisotopic (exact) mass is 396 g/mol. The molecule has 29 heavy (non-hydrogen) atoms. The van der Waals surface area contributed by atoms with Crippen molar-refractivity contribution < 1.29 is 13.5 Å². The Labute approximate surface area is 170 Å². The van der Waals surface area contributed by atoms with Crippen LogP contribution in [0.15, 0.2) is 60.9 Å². The Balaban J connectivity index is 1.59. The predicted molar refractivity (Wildman–Crippen MR) is 112 cm³/mol. The second-order valence-corrected chi connectivity index (χ2v) is 7.06. The van der Waals surface area contributed by atoms with Gasteiger partial charge in [-0.1, -0.05) is 69.0 Å². The van der Waals surface area contributed by atoms with E-state index in [0.717, 1.165) is 23.1 Å². The number of alkyl halides is 2. The summed E-state index contributed by atoms with van der Waals surface area (Å²) in [6, 6.07) is 14.5. The van der Waals surface area contributed by atoms with Crippen LogP contribution in [0.1, 0.15) is 44.6 Å². The van der Waals surface area contributed by atoms with Gasteiger partial charge < -0.3 is 4.74 Å². The molecule has 1 aromatic heterocycles. The highest BCUT2D eigenvalue weighted by Crippen LogP contribution is 2.25. The van der Waals surface area contributed by atoms with Crippen molar-refractivity contribution in [3.05, 3.63) is 66.5 Å². The van der Waals surface area contributed by atoms with Crippen LogP contribution >= 0.6 is 0 Å². The number of hydrogen-bond acceptors (Lipinski definition) is 3. The third-order valence-electron chi connectivity index (χ3n) is 4.83. The van der Waals surface area contributed by atoms with E-state index >= 15 is 0 Å². The van der Waals surface area contributed by atoms with Crippen molar-refractivity contribution in [2.24, 2.45) is 0 Å². The predicted octanol–water partition coefficient (Wildman–Crippen LogP) is 6.92. The molecule has 2 aromatic carbocycles. The van der Waals surface area contributed by atoms with E-state index in [1.54, 1.807) is 24.3 Å². The molecule has 3 nitrogen and oxygen atoms in total. The lowest BCUT2D eigenvalue weighted by atomic mass is 10.0. The van der Waals surface area contributed by atoms with Crippen LogP contribution in [-0.2, 0) is 6.42 Å². The summed E-state index contributed by atoms with van der Waals surface area (Å²) in [5, 5.41) is 0. The fourth-order valence-corrected chi connectivity index (χ4v) is 3.21. The Bertz CT molecular complexity index is 863. The maximum absolute atomic E-state index is 12.2. The molecule has 0 aliphatic carbocycles. The molecule has 0 amide bonds. The fraction of sp³-hybridized carbons (Fsp3) is 0.333. The van der Waals surface area contributed by atoms with Crippen molar-refractivity contribution in [3.8, 4) is 28.3 Å². The summed E-state index contributed by atoms with van der Waals surface area (Å²) in [5.41, 5.74) is 4.03. The highest BCUT2D eigenvalue weighted by Gasteiger charge is 2.06. The zero-order valence-corrected chi connectivity index (χ0v) is 16.7. The SMILES string of the molecule is CCCCCCCc1cnc(-c2ccc(-c3ccc(OC(F)F)cc3)cc2)nc1. The van der Waals surface area contributed by atoms with Crippen molar-refractivity contribution in [2.75, 3.05) is 0 Å². The van der Waals surface area contributed by atoms with Gasteiger partial charge in [-0.2, -0.15) is 8.78 Å². The van der Waals surface area contributed by atoms with Gasteiger partial charge in [0, 0.05) is 18.0 Å². The van der Waals surface area contributed by atoms with E-state index in [-0.39, 0.29) is 5.75 Å². The molecular weight excluding hydrogens is 370 g/mol. The number of rotatable bonds is 10. The number of aromatic nitrogens is 2. The number of hydrogen-bond donors (Lipinski definition) is 0. The van der Waals surface area contributed by atoms with Crippen molar-refractivity contribution in [3.63, 3.8) is 0 Å². The van der Waals surface area contributed by atoms with E-state index in [4.69, 9.17) is 0 Å². The summed E-state index contributed by atoms with van der Waals surface area (Å²) >= 11 is 0. The Morgan fingerprint density at radius 2 is 1.31 bits per heavy atom. The quantitative estimate of drug-likeness (QED) is 0.349. The molecule has 0 saturated carbocycles. The molecular formula is C24H26F2N2O. The Hall–Kier alpha value is -2.82. The lowest BCUT2D eigenvalue weighted by Gasteiger charge is -2.07. The third-order valence-corrected chi connectivity index (χ3v) is 4.83. The summed E-state index contributed by atoms with van der Waals surface area (Å²) in [7, 11) is 0. The van der Waals surface area contributed by atoms with Crippen LogP contribution in [0.2, 0.25) is 0 Å². The van der Waals surface area contributed by atoms with Crippen LogP contribution < -0.4 is 4.74 Å². The van der Waals surface area contributed by atoms with Gasteiger partial charge in [0.1, 0.15) is 5.75 Å². The smallest absolute Gasteiger partial charge is 0.387 e. The molecule has 5 heteroatoms. The van der Waals surface area contributed by atoms with Gasteiger partial charge in [0.25, 0.3) is 0 Å². The summed E-state index contributed by atoms with van der Waals surface area (Å²) in [6.07, 6.45) is 11.1. The zero-order chi connectivity index (χ0) is 20.5. The first-order valence-corrected chi connectivity index (χ1v) is 10.1. The third kappa shape index (κ3) is 6.34. The van der Waals surface area contributed by atoms with Gasteiger partial charge in [0.2, 0.25) is 0 Å². The molecule has 1 heterocycles. The molecule has 0 fully saturated rings. The standard InChI is InChI=1S/C24H26F2N2O/c1-2-3-4-5-6-7-18-16-27-23(28-17-18)21-10-8-19(9-11-21)20-12-14-22(15-13-20)29-24(25)26/h8-17,24H,2-7H2,1H3. The first-order valence-electron chi connectivity index (χ1n) is 10.1. The minimum atomic E-state index is -2.81. The van der Waals surface area contributed by atoms with Gasteiger partial charge in [0.05, 0.1) is 0 Å². The lowest BCUT2D eigenvalue weighted by Crippen LogP contribution is -2.01. The zero-order valence-electron chi connectivity index (χ0n) is 16.7. The molecule has 3 rings (SSSR count). The van der Waals surface area contributed by atoms with E-state index < -0.39 is 6.61 Å². The van der Waals surface area contributed by atoms with Gasteiger partial charge in [-0.25, -0.2) is 9.97 Å². The topological polar surface area (TPSA) is 35.0 Å². The van der Waals surface area contributed by atoms with Crippen LogP contribution in [0.3, 0.4) is 0 Å². The van der Waals surface area contributed by atoms with Gasteiger partial charge in [-0.3, -0.25) is 0 Å². The number of aryl methyl sites for hydroxylation is 1. The lowest BCUT2D eigenvalue weighted by molar-refractivity contribution is -0.0498. The number of benzene rings is 2. The molecule has 0 N–H and O–H groups in total. The van der Waals surface area contributed by atoms with Crippen LogP contribution in [0.25, 0.3) is 22.5 Å². The second kappa shape index (κ2) is 10.6. The van der Waals surface area contributed by atoms with Crippen LogP contribution in [-0.4, -0.2) is 16.6 Å². The molecule has 152 valence electrons. The maximum Gasteiger partial charge on any atom is 0.387 e. The highest BCUT2D eigenvalue weighted by atomic mass is 19.3. The minimum absolute atomic E-state index is 0.152. The first-order chi connectivity index (χ1) is 14.2. The average Bonchev–Trinajstić information content (AvgIpc) is 2.74. The van der Waals surface area contributed by atoms with E-state index in [9.17, 15) is 8.78 Å². The molecule has 0 aliphatic rings. The molecule has 0 atom stereocenters. The Morgan fingerprint density at radius 3 is 1.90 bits per heavy atom. The highest BCUT2D eigenvalue weighted by molar-refractivity contribution is 5.68. The maximum atomic E-state index is 12.2. The van der Waals surface area contributed by atoms with E-state index in [2.05, 4.69) is 21.6 Å². The Morgan fingerprint density at radius 1 is 0.759 bits per heavy atom. The number of unbranched alkanes of at least 4 members (excludes halogenated alkanes) is 4. The normalized spacial score (nSPS) is 11.0. The fourth-order valence-electron chi connectivity index (χ4n) is 3.21. The van der Waals surface area contributed by atoms with Crippen LogP contribution in [0.4, 0.5) is 8.78 Å². The summed E-state index contributed by atoms with van der Waals surface area (Å²) in [5.74, 6) is 0.853. The van der Waals surface area contributed by atoms with E-state index in [0.29, 0.717) is 5.82 Å². The number of nitrogens with zero attached hydrogens (tertiary/aromatic N) is 2. The summed E-state index contributed by atoms with van der Waals surface area (Å²) in [4.78, 5) is 9.01. The Kier molecular flexibility index (Phi) is 7.68. The van der Waals surface area contributed by atoms with E-state index in [1.165, 1.54) is 37.7 Å². The second-order valence-electron chi connectivity index (χ2n) is 7.06. The number of ether oxygens (including phenoxy) is 1. The van der Waals surface area contributed by atoms with Crippen molar-refractivity contribution >= 4 is 0 Å². The van der Waals surface area contributed by atoms with Crippen molar-refractivity contribution in [1.29, 1.82) is 0 Å². The molecule has 0 saturated heterocycles. The molecule has 0 aliphatic heterocycles. The van der Waals surface area contributed by atoms with Crippen LogP contribution in [0, 0.1) is 0 Å². The van der Waals surface area contributed by atoms with E-state index in [1.807, 2.05) is 36.7 Å². The van der Waals surface area contributed by atoms with Gasteiger partial charge >= 0.3 is 6.61 Å². The van der Waals surface area contributed by atoms with Gasteiger partial charge in [0.15, 0.2) is 5.82 Å². The summed E-state index contributed by atoms with van der Waals surface area (Å²) < 4.78 is 28.9.